The molecular weight excluding hydrogens is 378 g/mol. The fraction of sp³-hybridized carbons (Fsp3) is 0.350. The summed E-state index contributed by atoms with van der Waals surface area (Å²) in [5.74, 6) is -0.0898. The third kappa shape index (κ3) is 3.26. The average Bonchev–Trinajstić information content (AvgIpc) is 3.19. The normalized spacial score (nSPS) is 15.8. The first-order valence-corrected chi connectivity index (χ1v) is 9.68. The zero-order chi connectivity index (χ0) is 19.8. The lowest BCUT2D eigenvalue weighted by atomic mass is 10.1. The Labute approximate surface area is 167 Å². The van der Waals surface area contributed by atoms with Gasteiger partial charge < -0.3 is 14.2 Å². The van der Waals surface area contributed by atoms with E-state index >= 15 is 0 Å². The van der Waals surface area contributed by atoms with E-state index in [0.29, 0.717) is 23.6 Å². The first-order valence-electron chi connectivity index (χ1n) is 9.30. The van der Waals surface area contributed by atoms with Crippen LogP contribution in [0.1, 0.15) is 18.5 Å². The maximum Gasteiger partial charge on any atom is 0.291 e. The lowest BCUT2D eigenvalue weighted by Crippen LogP contribution is -2.51. The molecule has 4 rings (SSSR count). The van der Waals surface area contributed by atoms with E-state index in [1.165, 1.54) is 4.68 Å². The monoisotopic (exact) mass is 399 g/mol. The van der Waals surface area contributed by atoms with Gasteiger partial charge in [-0.1, -0.05) is 17.7 Å². The Hall–Kier alpha value is -2.80. The SMILES string of the molecule is Cc1ccc(Cl)cc1N1CCN(C(=O)[C@H](C)n2ncn3cccc3c2=O)CC1. The molecule has 0 saturated carbocycles. The summed E-state index contributed by atoms with van der Waals surface area (Å²) in [6, 6.07) is 8.72. The number of hydrogen-bond acceptors (Lipinski definition) is 4. The summed E-state index contributed by atoms with van der Waals surface area (Å²) in [6.07, 6.45) is 3.32. The highest BCUT2D eigenvalue weighted by molar-refractivity contribution is 6.30. The van der Waals surface area contributed by atoms with Crippen LogP contribution in [-0.4, -0.2) is 51.2 Å². The van der Waals surface area contributed by atoms with E-state index in [9.17, 15) is 9.59 Å². The van der Waals surface area contributed by atoms with Gasteiger partial charge in [0.15, 0.2) is 0 Å². The van der Waals surface area contributed by atoms with Crippen LogP contribution in [0.5, 0.6) is 0 Å². The summed E-state index contributed by atoms with van der Waals surface area (Å²) < 4.78 is 2.92. The number of anilines is 1. The van der Waals surface area contributed by atoms with Crippen molar-refractivity contribution in [3.8, 4) is 0 Å². The van der Waals surface area contributed by atoms with E-state index in [-0.39, 0.29) is 11.5 Å². The molecule has 28 heavy (non-hydrogen) atoms. The predicted molar refractivity (Wildman–Crippen MR) is 109 cm³/mol. The molecule has 1 saturated heterocycles. The molecule has 0 unspecified atom stereocenters. The second-order valence-electron chi connectivity index (χ2n) is 7.10. The molecule has 0 aliphatic carbocycles. The van der Waals surface area contributed by atoms with Crippen LogP contribution in [0.3, 0.4) is 0 Å². The van der Waals surface area contributed by atoms with Gasteiger partial charge in [-0.25, -0.2) is 4.68 Å². The van der Waals surface area contributed by atoms with Crippen molar-refractivity contribution in [2.75, 3.05) is 31.1 Å². The molecule has 1 aliphatic heterocycles. The number of piperazine rings is 1. The lowest BCUT2D eigenvalue weighted by molar-refractivity contribution is -0.135. The highest BCUT2D eigenvalue weighted by Gasteiger charge is 2.28. The van der Waals surface area contributed by atoms with Crippen molar-refractivity contribution in [2.24, 2.45) is 0 Å². The standard InChI is InChI=1S/C20H22ClN5O2/c1-14-5-6-16(21)12-18(14)23-8-10-24(11-9-23)19(27)15(2)26-20(28)17-4-3-7-25(17)13-22-26/h3-7,12-13,15H,8-11H2,1-2H3/t15-/m0/s1. The van der Waals surface area contributed by atoms with Gasteiger partial charge in [-0.3, -0.25) is 9.59 Å². The minimum atomic E-state index is -0.646. The van der Waals surface area contributed by atoms with Crippen LogP contribution in [0.25, 0.3) is 5.52 Å². The molecule has 8 heteroatoms. The van der Waals surface area contributed by atoms with Crippen molar-refractivity contribution in [1.82, 2.24) is 19.1 Å². The summed E-state index contributed by atoms with van der Waals surface area (Å²) in [4.78, 5) is 29.6. The predicted octanol–water partition coefficient (Wildman–Crippen LogP) is 2.37. The van der Waals surface area contributed by atoms with Crippen molar-refractivity contribution < 1.29 is 4.79 Å². The number of aromatic nitrogens is 3. The van der Waals surface area contributed by atoms with Crippen molar-refractivity contribution in [1.29, 1.82) is 0 Å². The number of amides is 1. The van der Waals surface area contributed by atoms with Gasteiger partial charge in [0.25, 0.3) is 5.56 Å². The molecule has 1 fully saturated rings. The summed E-state index contributed by atoms with van der Waals surface area (Å²) in [5.41, 5.74) is 2.51. The molecule has 0 N–H and O–H groups in total. The molecule has 3 aromatic rings. The van der Waals surface area contributed by atoms with Crippen molar-refractivity contribution in [2.45, 2.75) is 19.9 Å². The van der Waals surface area contributed by atoms with Crippen LogP contribution in [0.2, 0.25) is 5.02 Å². The van der Waals surface area contributed by atoms with Crippen molar-refractivity contribution >= 4 is 28.7 Å². The van der Waals surface area contributed by atoms with Gasteiger partial charge in [-0.05, 0) is 43.7 Å². The fourth-order valence-corrected chi connectivity index (χ4v) is 3.86. The third-order valence-electron chi connectivity index (χ3n) is 5.33. The Kier molecular flexibility index (Phi) is 4.85. The van der Waals surface area contributed by atoms with Crippen LogP contribution in [0.15, 0.2) is 47.7 Å². The van der Waals surface area contributed by atoms with E-state index in [1.54, 1.807) is 40.9 Å². The van der Waals surface area contributed by atoms with E-state index in [2.05, 4.69) is 16.9 Å². The number of fused-ring (bicyclic) bond motifs is 1. The number of hydrogen-bond donors (Lipinski definition) is 0. The van der Waals surface area contributed by atoms with E-state index in [1.807, 2.05) is 18.2 Å². The van der Waals surface area contributed by atoms with Crippen LogP contribution < -0.4 is 10.5 Å². The quantitative estimate of drug-likeness (QED) is 0.678. The van der Waals surface area contributed by atoms with Gasteiger partial charge in [0, 0.05) is 43.1 Å². The van der Waals surface area contributed by atoms with Crippen LogP contribution in [0, 0.1) is 6.92 Å². The first kappa shape index (κ1) is 18.6. The molecule has 1 amide bonds. The molecule has 1 aliphatic rings. The molecule has 1 aromatic carbocycles. The second-order valence-corrected chi connectivity index (χ2v) is 7.54. The van der Waals surface area contributed by atoms with Gasteiger partial charge in [0.05, 0.1) is 0 Å². The molecular formula is C20H22ClN5O2. The smallest absolute Gasteiger partial charge is 0.291 e. The average molecular weight is 400 g/mol. The maximum absolute atomic E-state index is 13.0. The van der Waals surface area contributed by atoms with Gasteiger partial charge in [0.1, 0.15) is 17.9 Å². The topological polar surface area (TPSA) is 62.9 Å². The fourth-order valence-electron chi connectivity index (χ4n) is 3.69. The third-order valence-corrected chi connectivity index (χ3v) is 5.57. The lowest BCUT2D eigenvalue weighted by Gasteiger charge is -2.37. The summed E-state index contributed by atoms with van der Waals surface area (Å²) in [6.45, 7) is 6.42. The number of benzene rings is 1. The number of carbonyl (C=O) groups excluding carboxylic acids is 1. The minimum absolute atomic E-state index is 0.0898. The molecule has 3 heterocycles. The summed E-state index contributed by atoms with van der Waals surface area (Å²) >= 11 is 6.14. The Morgan fingerprint density at radius 1 is 1.18 bits per heavy atom. The van der Waals surface area contributed by atoms with E-state index < -0.39 is 6.04 Å². The molecule has 1 atom stereocenters. The highest BCUT2D eigenvalue weighted by Crippen LogP contribution is 2.25. The highest BCUT2D eigenvalue weighted by atomic mass is 35.5. The van der Waals surface area contributed by atoms with Crippen molar-refractivity contribution in [3.63, 3.8) is 0 Å². The second kappa shape index (κ2) is 7.31. The zero-order valence-corrected chi connectivity index (χ0v) is 16.6. The molecule has 0 radical (unpaired) electrons. The number of aryl methyl sites for hydroxylation is 1. The Morgan fingerprint density at radius 3 is 2.68 bits per heavy atom. The summed E-state index contributed by atoms with van der Waals surface area (Å²) in [5, 5.41) is 4.88. The van der Waals surface area contributed by atoms with Gasteiger partial charge in [-0.15, -0.1) is 0 Å². The van der Waals surface area contributed by atoms with Gasteiger partial charge in [0.2, 0.25) is 5.91 Å². The summed E-state index contributed by atoms with van der Waals surface area (Å²) in [7, 11) is 0. The molecule has 7 nitrogen and oxygen atoms in total. The number of rotatable bonds is 3. The maximum atomic E-state index is 13.0. The number of nitrogens with zero attached hydrogens (tertiary/aromatic N) is 5. The van der Waals surface area contributed by atoms with Crippen LogP contribution in [-0.2, 0) is 4.79 Å². The van der Waals surface area contributed by atoms with Gasteiger partial charge in [-0.2, -0.15) is 5.10 Å². The van der Waals surface area contributed by atoms with Crippen LogP contribution >= 0.6 is 11.6 Å². The minimum Gasteiger partial charge on any atom is -0.368 e. The van der Waals surface area contributed by atoms with Crippen LogP contribution in [0.4, 0.5) is 5.69 Å². The first-order chi connectivity index (χ1) is 13.5. The van der Waals surface area contributed by atoms with E-state index in [0.717, 1.165) is 24.3 Å². The number of halogens is 1. The Balaban J connectivity index is 1.48. The Morgan fingerprint density at radius 2 is 1.93 bits per heavy atom. The number of carbonyl (C=O) groups is 1. The zero-order valence-electron chi connectivity index (χ0n) is 15.9. The Bertz CT molecular complexity index is 1080. The largest absolute Gasteiger partial charge is 0.368 e. The van der Waals surface area contributed by atoms with Crippen molar-refractivity contribution in [3.05, 3.63) is 63.8 Å². The molecule has 2 aromatic heterocycles. The van der Waals surface area contributed by atoms with E-state index in [4.69, 9.17) is 11.6 Å². The van der Waals surface area contributed by atoms with Gasteiger partial charge >= 0.3 is 0 Å². The molecule has 146 valence electrons. The molecule has 0 spiro atoms. The molecule has 0 bridgehead atoms.